The van der Waals surface area contributed by atoms with Crippen molar-refractivity contribution in [3.63, 3.8) is 0 Å². The zero-order valence-corrected chi connectivity index (χ0v) is 10.9. The van der Waals surface area contributed by atoms with Crippen molar-refractivity contribution in [3.8, 4) is 0 Å². The van der Waals surface area contributed by atoms with Gasteiger partial charge in [-0.3, -0.25) is 4.79 Å². The molecule has 4 nitrogen and oxygen atoms in total. The van der Waals surface area contributed by atoms with Gasteiger partial charge in [0, 0.05) is 35.9 Å². The Morgan fingerprint density at radius 1 is 1.56 bits per heavy atom. The number of carbonyl (C=O) groups is 1. The fourth-order valence-electron chi connectivity index (χ4n) is 2.46. The number of rotatable bonds is 3. The van der Waals surface area contributed by atoms with Gasteiger partial charge in [-0.05, 0) is 38.5 Å². The number of nitrogen functional groups attached to an aromatic ring is 1. The van der Waals surface area contributed by atoms with E-state index in [4.69, 9.17) is 5.73 Å². The Balaban J connectivity index is 2.20. The molecule has 0 bridgehead atoms. The molecule has 1 aromatic rings. The van der Waals surface area contributed by atoms with Crippen molar-refractivity contribution in [1.29, 1.82) is 0 Å². The molecular formula is C14H20N2O2. The second kappa shape index (κ2) is 4.98. The average molecular weight is 248 g/mol. The summed E-state index contributed by atoms with van der Waals surface area (Å²) in [5.41, 5.74) is 7.90. The highest BCUT2D eigenvalue weighted by Gasteiger charge is 2.26. The zero-order valence-electron chi connectivity index (χ0n) is 10.9. The third kappa shape index (κ3) is 2.48. The Bertz CT molecular complexity index is 457. The number of anilines is 2. The molecule has 98 valence electrons. The minimum atomic E-state index is -0.281. The van der Waals surface area contributed by atoms with Crippen LogP contribution in [0.5, 0.6) is 0 Å². The number of hydrogen-bond donors (Lipinski definition) is 2. The van der Waals surface area contributed by atoms with Crippen LogP contribution in [0.25, 0.3) is 0 Å². The van der Waals surface area contributed by atoms with Crippen LogP contribution in [0.4, 0.5) is 11.4 Å². The number of benzene rings is 1. The van der Waals surface area contributed by atoms with Gasteiger partial charge < -0.3 is 15.7 Å². The molecule has 0 aromatic heterocycles. The molecule has 1 aliphatic heterocycles. The predicted molar refractivity (Wildman–Crippen MR) is 72.9 cm³/mol. The number of Topliss-reactive ketones (excluding diaryl/α,β-unsaturated/α-hetero) is 1. The normalized spacial score (nSPS) is 21.1. The minimum absolute atomic E-state index is 0.0133. The van der Waals surface area contributed by atoms with Crippen molar-refractivity contribution in [2.75, 3.05) is 23.7 Å². The maximum atomic E-state index is 11.5. The quantitative estimate of drug-likeness (QED) is 0.631. The molecule has 4 heteroatoms. The molecule has 3 N–H and O–H groups in total. The van der Waals surface area contributed by atoms with Crippen molar-refractivity contribution in [2.45, 2.75) is 26.4 Å². The van der Waals surface area contributed by atoms with Gasteiger partial charge in [-0.2, -0.15) is 0 Å². The van der Waals surface area contributed by atoms with Crippen LogP contribution in [0, 0.1) is 5.92 Å². The van der Waals surface area contributed by atoms with Crippen LogP contribution in [-0.2, 0) is 0 Å². The number of aliphatic hydroxyl groups is 1. The highest BCUT2D eigenvalue weighted by molar-refractivity contribution is 6.00. The summed E-state index contributed by atoms with van der Waals surface area (Å²) in [5, 5.41) is 9.60. The Labute approximate surface area is 107 Å². The van der Waals surface area contributed by atoms with Crippen LogP contribution in [0.1, 0.15) is 30.6 Å². The standard InChI is InChI=1S/C14H20N2O2/c1-9(17)11-5-6-16(8-11)12-3-4-14(15)13(7-12)10(2)18/h3-4,7,9,11,17H,5-6,8,15H2,1-2H3. The second-order valence-corrected chi connectivity index (χ2v) is 5.06. The smallest absolute Gasteiger partial charge is 0.161 e. The van der Waals surface area contributed by atoms with E-state index in [1.807, 2.05) is 19.1 Å². The lowest BCUT2D eigenvalue weighted by Gasteiger charge is -2.20. The van der Waals surface area contributed by atoms with Crippen LogP contribution >= 0.6 is 0 Å². The third-order valence-corrected chi connectivity index (χ3v) is 3.69. The van der Waals surface area contributed by atoms with Crippen LogP contribution in [0.3, 0.4) is 0 Å². The summed E-state index contributed by atoms with van der Waals surface area (Å²) in [6, 6.07) is 5.57. The summed E-state index contributed by atoms with van der Waals surface area (Å²) >= 11 is 0. The van der Waals surface area contributed by atoms with E-state index in [1.54, 1.807) is 6.07 Å². The van der Waals surface area contributed by atoms with Gasteiger partial charge >= 0.3 is 0 Å². The Morgan fingerprint density at radius 3 is 2.83 bits per heavy atom. The van der Waals surface area contributed by atoms with E-state index in [-0.39, 0.29) is 11.9 Å². The fraction of sp³-hybridized carbons (Fsp3) is 0.500. The molecule has 0 radical (unpaired) electrons. The fourth-order valence-corrected chi connectivity index (χ4v) is 2.46. The van der Waals surface area contributed by atoms with Crippen molar-refractivity contribution in [2.24, 2.45) is 5.92 Å². The number of carbonyl (C=O) groups excluding carboxylic acids is 1. The zero-order chi connectivity index (χ0) is 13.3. The molecule has 0 saturated carbocycles. The second-order valence-electron chi connectivity index (χ2n) is 5.06. The van der Waals surface area contributed by atoms with Gasteiger partial charge in [0.25, 0.3) is 0 Å². The van der Waals surface area contributed by atoms with E-state index < -0.39 is 0 Å². The van der Waals surface area contributed by atoms with Crippen LogP contribution in [0.15, 0.2) is 18.2 Å². The first-order valence-electron chi connectivity index (χ1n) is 6.32. The highest BCUT2D eigenvalue weighted by Crippen LogP contribution is 2.28. The molecule has 2 unspecified atom stereocenters. The molecule has 0 spiro atoms. The predicted octanol–water partition coefficient (Wildman–Crippen LogP) is 1.68. The number of aliphatic hydroxyl groups excluding tert-OH is 1. The molecule has 1 saturated heterocycles. The lowest BCUT2D eigenvalue weighted by Crippen LogP contribution is -2.24. The van der Waals surface area contributed by atoms with Crippen molar-refractivity contribution in [1.82, 2.24) is 0 Å². The Hall–Kier alpha value is -1.55. The molecule has 0 amide bonds. The van der Waals surface area contributed by atoms with E-state index in [2.05, 4.69) is 4.90 Å². The van der Waals surface area contributed by atoms with Gasteiger partial charge in [0.15, 0.2) is 5.78 Å². The van der Waals surface area contributed by atoms with E-state index in [0.29, 0.717) is 17.2 Å². The molecule has 1 heterocycles. The summed E-state index contributed by atoms with van der Waals surface area (Å²) < 4.78 is 0. The molecule has 0 aliphatic carbocycles. The van der Waals surface area contributed by atoms with Crippen molar-refractivity contribution < 1.29 is 9.90 Å². The van der Waals surface area contributed by atoms with Crippen molar-refractivity contribution in [3.05, 3.63) is 23.8 Å². The first-order valence-corrected chi connectivity index (χ1v) is 6.32. The van der Waals surface area contributed by atoms with Crippen molar-refractivity contribution >= 4 is 17.2 Å². The third-order valence-electron chi connectivity index (χ3n) is 3.69. The Morgan fingerprint density at radius 2 is 2.28 bits per heavy atom. The summed E-state index contributed by atoms with van der Waals surface area (Å²) in [5.74, 6) is 0.295. The Kier molecular flexibility index (Phi) is 3.57. The summed E-state index contributed by atoms with van der Waals surface area (Å²) in [6.07, 6.45) is 0.702. The number of nitrogens with zero attached hydrogens (tertiary/aromatic N) is 1. The van der Waals surface area contributed by atoms with E-state index in [1.165, 1.54) is 6.92 Å². The minimum Gasteiger partial charge on any atom is -0.398 e. The number of hydrogen-bond acceptors (Lipinski definition) is 4. The van der Waals surface area contributed by atoms with Gasteiger partial charge in [-0.15, -0.1) is 0 Å². The molecule has 2 atom stereocenters. The highest BCUT2D eigenvalue weighted by atomic mass is 16.3. The molecule has 2 rings (SSSR count). The molecule has 1 aromatic carbocycles. The van der Waals surface area contributed by atoms with Gasteiger partial charge in [-0.1, -0.05) is 0 Å². The summed E-state index contributed by atoms with van der Waals surface area (Å²) in [6.45, 7) is 5.10. The number of ketones is 1. The van der Waals surface area contributed by atoms with Gasteiger partial charge in [0.1, 0.15) is 0 Å². The lowest BCUT2D eigenvalue weighted by atomic mass is 10.0. The SMILES string of the molecule is CC(=O)c1cc(N2CCC(C(C)O)C2)ccc1N. The lowest BCUT2D eigenvalue weighted by molar-refractivity contribution is 0.101. The van der Waals surface area contributed by atoms with E-state index in [0.717, 1.165) is 25.2 Å². The molecular weight excluding hydrogens is 228 g/mol. The molecule has 1 aliphatic rings. The topological polar surface area (TPSA) is 66.6 Å². The summed E-state index contributed by atoms with van der Waals surface area (Å²) in [7, 11) is 0. The van der Waals surface area contributed by atoms with Gasteiger partial charge in [0.05, 0.1) is 6.10 Å². The monoisotopic (exact) mass is 248 g/mol. The molecule has 18 heavy (non-hydrogen) atoms. The maximum absolute atomic E-state index is 11.5. The van der Waals surface area contributed by atoms with E-state index >= 15 is 0 Å². The number of nitrogens with two attached hydrogens (primary N) is 1. The average Bonchev–Trinajstić information content (AvgIpc) is 2.78. The van der Waals surface area contributed by atoms with Crippen LogP contribution in [0.2, 0.25) is 0 Å². The van der Waals surface area contributed by atoms with Crippen LogP contribution < -0.4 is 10.6 Å². The van der Waals surface area contributed by atoms with Gasteiger partial charge in [-0.25, -0.2) is 0 Å². The van der Waals surface area contributed by atoms with E-state index in [9.17, 15) is 9.90 Å². The maximum Gasteiger partial charge on any atom is 0.161 e. The van der Waals surface area contributed by atoms with Crippen LogP contribution in [-0.4, -0.2) is 30.1 Å². The summed E-state index contributed by atoms with van der Waals surface area (Å²) in [4.78, 5) is 13.7. The molecule has 1 fully saturated rings. The first kappa shape index (κ1) is 12.9. The van der Waals surface area contributed by atoms with Gasteiger partial charge in [0.2, 0.25) is 0 Å². The largest absolute Gasteiger partial charge is 0.398 e. The first-order chi connectivity index (χ1) is 8.49.